The minimum absolute atomic E-state index is 0.0341. The Morgan fingerprint density at radius 2 is 2.12 bits per heavy atom. The largest absolute Gasteiger partial charge is 0.393 e. The third-order valence-corrected chi connectivity index (χ3v) is 3.45. The van der Waals surface area contributed by atoms with Gasteiger partial charge in [-0.25, -0.2) is 0 Å². The maximum absolute atomic E-state index is 9.54. The molecule has 2 nitrogen and oxygen atoms in total. The number of nitrogens with one attached hydrogen (secondary N) is 1. The van der Waals surface area contributed by atoms with Crippen molar-refractivity contribution in [2.75, 3.05) is 13.1 Å². The van der Waals surface area contributed by atoms with E-state index in [0.29, 0.717) is 5.92 Å². The van der Waals surface area contributed by atoms with Gasteiger partial charge in [-0.15, -0.1) is 6.58 Å². The molecule has 1 saturated carbocycles. The molecule has 0 saturated heterocycles. The zero-order valence-corrected chi connectivity index (χ0v) is 10.5. The SMILES string of the molecule is C=CCCCCCNCC1CCCC(O)C1. The highest BCUT2D eigenvalue weighted by atomic mass is 16.3. The normalized spacial score (nSPS) is 25.6. The first-order valence-corrected chi connectivity index (χ1v) is 6.82. The van der Waals surface area contributed by atoms with E-state index in [9.17, 15) is 5.11 Å². The Labute approximate surface area is 100 Å². The van der Waals surface area contributed by atoms with Crippen LogP contribution in [0.15, 0.2) is 12.7 Å². The number of hydrogen-bond donors (Lipinski definition) is 2. The summed E-state index contributed by atoms with van der Waals surface area (Å²) in [5.74, 6) is 0.705. The van der Waals surface area contributed by atoms with Gasteiger partial charge in [0.15, 0.2) is 0 Å². The van der Waals surface area contributed by atoms with E-state index in [4.69, 9.17) is 0 Å². The molecule has 16 heavy (non-hydrogen) atoms. The van der Waals surface area contributed by atoms with Gasteiger partial charge >= 0.3 is 0 Å². The van der Waals surface area contributed by atoms with Crippen molar-refractivity contribution in [2.45, 2.75) is 57.5 Å². The van der Waals surface area contributed by atoms with Crippen molar-refractivity contribution in [2.24, 2.45) is 5.92 Å². The van der Waals surface area contributed by atoms with Gasteiger partial charge in [0.1, 0.15) is 0 Å². The van der Waals surface area contributed by atoms with Crippen LogP contribution in [0.3, 0.4) is 0 Å². The number of rotatable bonds is 8. The van der Waals surface area contributed by atoms with Gasteiger partial charge in [0, 0.05) is 0 Å². The number of aliphatic hydroxyl groups excluding tert-OH is 1. The Bertz CT molecular complexity index is 182. The van der Waals surface area contributed by atoms with Crippen molar-refractivity contribution < 1.29 is 5.11 Å². The zero-order valence-electron chi connectivity index (χ0n) is 10.5. The summed E-state index contributed by atoms with van der Waals surface area (Å²) in [6.07, 6.45) is 11.5. The fourth-order valence-electron chi connectivity index (χ4n) is 2.47. The van der Waals surface area contributed by atoms with Gasteiger partial charge in [-0.1, -0.05) is 18.9 Å². The van der Waals surface area contributed by atoms with Gasteiger partial charge in [0.05, 0.1) is 6.10 Å². The first kappa shape index (κ1) is 13.7. The average Bonchev–Trinajstić information content (AvgIpc) is 2.28. The molecule has 2 N–H and O–H groups in total. The molecule has 0 heterocycles. The van der Waals surface area contributed by atoms with Gasteiger partial charge in [-0.2, -0.15) is 0 Å². The summed E-state index contributed by atoms with van der Waals surface area (Å²) in [6.45, 7) is 5.95. The fraction of sp³-hybridized carbons (Fsp3) is 0.857. The third kappa shape index (κ3) is 6.29. The standard InChI is InChI=1S/C14H27NO/c1-2-3-4-5-6-10-15-12-13-8-7-9-14(16)11-13/h2,13-16H,1,3-12H2. The lowest BCUT2D eigenvalue weighted by Crippen LogP contribution is -2.29. The van der Waals surface area contributed by atoms with Crippen molar-refractivity contribution in [1.29, 1.82) is 0 Å². The first-order valence-electron chi connectivity index (χ1n) is 6.82. The zero-order chi connectivity index (χ0) is 11.6. The van der Waals surface area contributed by atoms with Crippen molar-refractivity contribution >= 4 is 0 Å². The topological polar surface area (TPSA) is 32.3 Å². The highest BCUT2D eigenvalue weighted by Crippen LogP contribution is 2.23. The summed E-state index contributed by atoms with van der Waals surface area (Å²) in [5.41, 5.74) is 0. The molecule has 0 radical (unpaired) electrons. The summed E-state index contributed by atoms with van der Waals surface area (Å²) < 4.78 is 0. The molecule has 0 amide bonds. The summed E-state index contributed by atoms with van der Waals surface area (Å²) in [4.78, 5) is 0. The molecule has 0 aromatic heterocycles. The minimum atomic E-state index is -0.0341. The van der Waals surface area contributed by atoms with Crippen LogP contribution in [0.1, 0.15) is 51.4 Å². The van der Waals surface area contributed by atoms with Crippen LogP contribution in [0.5, 0.6) is 0 Å². The molecule has 1 rings (SSSR count). The van der Waals surface area contributed by atoms with Gasteiger partial charge in [0.25, 0.3) is 0 Å². The van der Waals surface area contributed by atoms with Crippen LogP contribution in [-0.4, -0.2) is 24.3 Å². The summed E-state index contributed by atoms with van der Waals surface area (Å²) in [7, 11) is 0. The van der Waals surface area contributed by atoms with Crippen molar-refractivity contribution in [3.05, 3.63) is 12.7 Å². The molecule has 2 unspecified atom stereocenters. The predicted octanol–water partition coefficient (Wildman–Crippen LogP) is 2.87. The van der Waals surface area contributed by atoms with E-state index >= 15 is 0 Å². The van der Waals surface area contributed by atoms with Gasteiger partial charge in [-0.05, 0) is 57.5 Å². The lowest BCUT2D eigenvalue weighted by Gasteiger charge is -2.25. The van der Waals surface area contributed by atoms with Crippen LogP contribution in [0.4, 0.5) is 0 Å². The molecule has 94 valence electrons. The fourth-order valence-corrected chi connectivity index (χ4v) is 2.47. The van der Waals surface area contributed by atoms with Crippen molar-refractivity contribution in [3.8, 4) is 0 Å². The molecule has 2 atom stereocenters. The Kier molecular flexibility index (Phi) is 7.52. The first-order chi connectivity index (χ1) is 7.83. The number of allylic oxidation sites excluding steroid dienone is 1. The smallest absolute Gasteiger partial charge is 0.0543 e. The van der Waals surface area contributed by atoms with Crippen LogP contribution < -0.4 is 5.32 Å². The lowest BCUT2D eigenvalue weighted by molar-refractivity contribution is 0.101. The van der Waals surface area contributed by atoms with Gasteiger partial charge < -0.3 is 10.4 Å². The lowest BCUT2D eigenvalue weighted by atomic mass is 9.87. The molecule has 0 aliphatic heterocycles. The van der Waals surface area contributed by atoms with Crippen molar-refractivity contribution in [1.82, 2.24) is 5.32 Å². The molecular formula is C14H27NO. The van der Waals surface area contributed by atoms with E-state index in [-0.39, 0.29) is 6.10 Å². The van der Waals surface area contributed by atoms with Crippen LogP contribution in [-0.2, 0) is 0 Å². The second-order valence-electron chi connectivity index (χ2n) is 5.03. The minimum Gasteiger partial charge on any atom is -0.393 e. The van der Waals surface area contributed by atoms with Crippen LogP contribution in [0.25, 0.3) is 0 Å². The van der Waals surface area contributed by atoms with Crippen molar-refractivity contribution in [3.63, 3.8) is 0 Å². The highest BCUT2D eigenvalue weighted by molar-refractivity contribution is 4.73. The summed E-state index contributed by atoms with van der Waals surface area (Å²) in [5, 5.41) is 13.1. The molecule has 0 bridgehead atoms. The molecule has 0 spiro atoms. The summed E-state index contributed by atoms with van der Waals surface area (Å²) in [6, 6.07) is 0. The van der Waals surface area contributed by atoms with Gasteiger partial charge in [0.2, 0.25) is 0 Å². The third-order valence-electron chi connectivity index (χ3n) is 3.45. The van der Waals surface area contributed by atoms with E-state index in [0.717, 1.165) is 32.4 Å². The number of aliphatic hydroxyl groups is 1. The average molecular weight is 225 g/mol. The van der Waals surface area contributed by atoms with E-state index in [1.54, 1.807) is 0 Å². The summed E-state index contributed by atoms with van der Waals surface area (Å²) >= 11 is 0. The maximum Gasteiger partial charge on any atom is 0.0543 e. The molecule has 1 aliphatic rings. The Balaban J connectivity index is 1.88. The van der Waals surface area contributed by atoms with E-state index in [1.807, 2.05) is 6.08 Å². The Hall–Kier alpha value is -0.340. The Morgan fingerprint density at radius 1 is 1.25 bits per heavy atom. The monoisotopic (exact) mass is 225 g/mol. The Morgan fingerprint density at radius 3 is 2.88 bits per heavy atom. The maximum atomic E-state index is 9.54. The van der Waals surface area contributed by atoms with Crippen LogP contribution >= 0.6 is 0 Å². The van der Waals surface area contributed by atoms with Crippen LogP contribution in [0.2, 0.25) is 0 Å². The van der Waals surface area contributed by atoms with Crippen LogP contribution in [0, 0.1) is 5.92 Å². The second kappa shape index (κ2) is 8.77. The predicted molar refractivity (Wildman–Crippen MR) is 69.5 cm³/mol. The molecule has 0 aromatic rings. The highest BCUT2D eigenvalue weighted by Gasteiger charge is 2.19. The van der Waals surface area contributed by atoms with E-state index in [2.05, 4.69) is 11.9 Å². The second-order valence-corrected chi connectivity index (χ2v) is 5.03. The van der Waals surface area contributed by atoms with E-state index < -0.39 is 0 Å². The number of unbranched alkanes of at least 4 members (excludes halogenated alkanes) is 3. The van der Waals surface area contributed by atoms with E-state index in [1.165, 1.54) is 32.1 Å². The molecule has 0 aromatic carbocycles. The molecule has 1 fully saturated rings. The number of hydrogen-bond acceptors (Lipinski definition) is 2. The van der Waals surface area contributed by atoms with Gasteiger partial charge in [-0.3, -0.25) is 0 Å². The quantitative estimate of drug-likeness (QED) is 0.492. The molecule has 2 heteroatoms. The molecule has 1 aliphatic carbocycles. The molecular weight excluding hydrogens is 198 g/mol.